The van der Waals surface area contributed by atoms with Gasteiger partial charge in [-0.15, -0.1) is 24.8 Å². The van der Waals surface area contributed by atoms with Crippen LogP contribution in [0.15, 0.2) is 0 Å². The zero-order valence-corrected chi connectivity index (χ0v) is 5.39. The van der Waals surface area contributed by atoms with E-state index in [1.165, 1.54) is 0 Å². The van der Waals surface area contributed by atoms with Gasteiger partial charge in [-0.2, -0.15) is 8.42 Å². The summed E-state index contributed by atoms with van der Waals surface area (Å²) in [6.45, 7) is 0. The molecule has 0 saturated carbocycles. The summed E-state index contributed by atoms with van der Waals surface area (Å²) in [5.41, 5.74) is 0. The number of hydrogen-bond acceptors (Lipinski definition) is 2. The van der Waals surface area contributed by atoms with Crippen LogP contribution in [0, 0.1) is 0 Å². The van der Waals surface area contributed by atoms with Crippen LogP contribution in [0.2, 0.25) is 0 Å². The average molecular weight is 211 g/mol. The van der Waals surface area contributed by atoms with E-state index in [1.807, 2.05) is 0 Å². The van der Waals surface area contributed by atoms with Gasteiger partial charge in [0.2, 0.25) is 0 Å². The van der Waals surface area contributed by atoms with Crippen molar-refractivity contribution in [2.45, 2.75) is 7.43 Å². The minimum absolute atomic E-state index is 0. The summed E-state index contributed by atoms with van der Waals surface area (Å²) >= 11 is 0. The maximum absolute atomic E-state index is 8.74. The van der Waals surface area contributed by atoms with Crippen LogP contribution >= 0.6 is 24.8 Å². The van der Waals surface area contributed by atoms with Crippen LogP contribution in [0.25, 0.3) is 0 Å². The summed E-state index contributed by atoms with van der Waals surface area (Å²) in [4.78, 5) is 0. The van der Waals surface area contributed by atoms with Gasteiger partial charge in [-0.1, -0.05) is 7.43 Å². The topological polar surface area (TPSA) is 74.6 Å². The summed E-state index contributed by atoms with van der Waals surface area (Å²) in [6.07, 6.45) is 0. The van der Waals surface area contributed by atoms with Crippen LogP contribution in [-0.2, 0) is 10.4 Å². The third-order valence-electron chi connectivity index (χ3n) is 0. The fourth-order valence-corrected chi connectivity index (χ4v) is 0. The first-order valence-corrected chi connectivity index (χ1v) is 2.10. The van der Waals surface area contributed by atoms with Crippen LogP contribution < -0.4 is 0 Å². The first-order valence-electron chi connectivity index (χ1n) is 0.698. The number of halogens is 2. The molecule has 0 spiro atoms. The van der Waals surface area contributed by atoms with Crippen LogP contribution in [-0.4, -0.2) is 47.1 Å². The van der Waals surface area contributed by atoms with Crippen LogP contribution in [0.4, 0.5) is 0 Å². The predicted octanol–water partition coefficient (Wildman–Crippen LogP) is 0.178. The van der Waals surface area contributed by atoms with Gasteiger partial charge in [0.1, 0.15) is 0 Å². The van der Waals surface area contributed by atoms with Gasteiger partial charge in [0, 0.05) is 0 Å². The minimum atomic E-state index is -4.67. The van der Waals surface area contributed by atoms with Gasteiger partial charge in [-0.25, -0.2) is 0 Å². The summed E-state index contributed by atoms with van der Waals surface area (Å²) < 4.78 is 31.6. The molecule has 0 amide bonds. The first kappa shape index (κ1) is 31.4. The summed E-state index contributed by atoms with van der Waals surface area (Å²) in [6, 6.07) is 0. The molecule has 2 N–H and O–H groups in total. The molecular formula is CH9Cl2NaO4S. The Kier molecular flexibility index (Phi) is 42.4. The van der Waals surface area contributed by atoms with Gasteiger partial charge in [0.05, 0.1) is 0 Å². The molecule has 0 atom stereocenters. The second-order valence-electron chi connectivity index (χ2n) is 0.448. The van der Waals surface area contributed by atoms with Crippen LogP contribution in [0.1, 0.15) is 7.43 Å². The second-order valence-corrected chi connectivity index (χ2v) is 1.34. The molecule has 8 heteroatoms. The van der Waals surface area contributed by atoms with Crippen molar-refractivity contribution in [2.24, 2.45) is 0 Å². The first-order chi connectivity index (χ1) is 2.00. The van der Waals surface area contributed by atoms with Crippen molar-refractivity contribution in [3.63, 3.8) is 0 Å². The molecule has 0 fully saturated rings. The fraction of sp³-hybridized carbons (Fsp3) is 1.00. The molecule has 0 radical (unpaired) electrons. The Morgan fingerprint density at radius 1 is 1.00 bits per heavy atom. The zero-order chi connectivity index (χ0) is 4.50. The average Bonchev–Trinajstić information content (AvgIpc) is 0.722. The Bertz CT molecular complexity index is 102. The van der Waals surface area contributed by atoms with Crippen LogP contribution in [0.5, 0.6) is 0 Å². The Morgan fingerprint density at radius 3 is 1.00 bits per heavy atom. The standard InChI is InChI=1S/CH4.2ClH.Na.H2O4S.H/c;;;;1-5(2,3)4;/h1H4;2*1H;;(H2,1,2,3,4);. The zero-order valence-electron chi connectivity index (χ0n) is 2.94. The molecule has 0 aromatic heterocycles. The van der Waals surface area contributed by atoms with E-state index in [0.717, 1.165) is 0 Å². The van der Waals surface area contributed by atoms with Crippen molar-refractivity contribution in [1.82, 2.24) is 0 Å². The molecular weight excluding hydrogens is 202 g/mol. The van der Waals surface area contributed by atoms with E-state index >= 15 is 0 Å². The Labute approximate surface area is 89.1 Å². The SMILES string of the molecule is C.Cl.Cl.O=S(=O)(O)O.[NaH]. The fourth-order valence-electron chi connectivity index (χ4n) is 0. The van der Waals surface area contributed by atoms with E-state index in [1.54, 1.807) is 0 Å². The van der Waals surface area contributed by atoms with Crippen molar-refractivity contribution in [3.8, 4) is 0 Å². The molecule has 0 aliphatic rings. The van der Waals surface area contributed by atoms with E-state index in [2.05, 4.69) is 0 Å². The van der Waals surface area contributed by atoms with E-state index < -0.39 is 10.4 Å². The van der Waals surface area contributed by atoms with Crippen molar-refractivity contribution < 1.29 is 17.5 Å². The summed E-state index contributed by atoms with van der Waals surface area (Å²) in [7, 11) is -4.67. The molecule has 0 heterocycles. The van der Waals surface area contributed by atoms with Gasteiger partial charge >= 0.3 is 40.0 Å². The van der Waals surface area contributed by atoms with Gasteiger partial charge < -0.3 is 0 Å². The van der Waals surface area contributed by atoms with Gasteiger partial charge in [0.15, 0.2) is 0 Å². The van der Waals surface area contributed by atoms with Crippen LogP contribution in [0.3, 0.4) is 0 Å². The normalized spacial score (nSPS) is 6.44. The molecule has 0 aliphatic carbocycles. The number of hydrogen-bond donors (Lipinski definition) is 2. The second kappa shape index (κ2) is 12.2. The third kappa shape index (κ3) is 249. The molecule has 0 saturated heterocycles. The third-order valence-corrected chi connectivity index (χ3v) is 0. The predicted molar refractivity (Wildman–Crippen MR) is 42.6 cm³/mol. The molecule has 0 rings (SSSR count). The van der Waals surface area contributed by atoms with Crippen molar-refractivity contribution in [3.05, 3.63) is 0 Å². The molecule has 0 aromatic carbocycles. The molecule has 9 heavy (non-hydrogen) atoms. The van der Waals surface area contributed by atoms with Gasteiger partial charge in [-0.05, 0) is 0 Å². The Hall–Kier alpha value is 1.45. The summed E-state index contributed by atoms with van der Waals surface area (Å²) in [5.74, 6) is 0. The van der Waals surface area contributed by atoms with E-state index in [9.17, 15) is 0 Å². The molecule has 0 unspecified atom stereocenters. The van der Waals surface area contributed by atoms with E-state index in [-0.39, 0.29) is 61.8 Å². The van der Waals surface area contributed by atoms with E-state index in [0.29, 0.717) is 0 Å². The quantitative estimate of drug-likeness (QED) is 0.442. The van der Waals surface area contributed by atoms with Crippen molar-refractivity contribution in [2.75, 3.05) is 0 Å². The molecule has 4 nitrogen and oxygen atoms in total. The van der Waals surface area contributed by atoms with Crippen molar-refractivity contribution >= 4 is 64.8 Å². The maximum atomic E-state index is 8.74. The Balaban J connectivity index is -0.0000000133. The molecule has 0 bridgehead atoms. The van der Waals surface area contributed by atoms with Gasteiger partial charge in [-0.3, -0.25) is 9.11 Å². The molecule has 0 aromatic rings. The number of rotatable bonds is 0. The van der Waals surface area contributed by atoms with E-state index in [4.69, 9.17) is 17.5 Å². The molecule has 58 valence electrons. The summed E-state index contributed by atoms with van der Waals surface area (Å²) in [5, 5.41) is 0. The van der Waals surface area contributed by atoms with Crippen molar-refractivity contribution in [1.29, 1.82) is 0 Å². The van der Waals surface area contributed by atoms with Gasteiger partial charge in [0.25, 0.3) is 0 Å². The monoisotopic (exact) mass is 210 g/mol. The molecule has 0 aliphatic heterocycles. The Morgan fingerprint density at radius 2 is 1.00 bits per heavy atom.